The highest BCUT2D eigenvalue weighted by Gasteiger charge is 2.33. The Hall–Kier alpha value is -0.160. The van der Waals surface area contributed by atoms with E-state index in [0.29, 0.717) is 0 Å². The maximum atomic E-state index is 9.53. The molecule has 4 heteroatoms. The van der Waals surface area contributed by atoms with Crippen molar-refractivity contribution in [3.05, 3.63) is 0 Å². The molecule has 0 bridgehead atoms. The fourth-order valence-corrected chi connectivity index (χ4v) is 2.96. The second kappa shape index (κ2) is 6.14. The van der Waals surface area contributed by atoms with E-state index in [1.54, 1.807) is 0 Å². The van der Waals surface area contributed by atoms with Crippen LogP contribution in [0, 0.1) is 0 Å². The summed E-state index contributed by atoms with van der Waals surface area (Å²) in [5.74, 6) is 0. The number of rotatable bonds is 5. The summed E-state index contributed by atoms with van der Waals surface area (Å²) in [7, 11) is 0. The van der Waals surface area contributed by atoms with Gasteiger partial charge in [0.1, 0.15) is 0 Å². The monoisotopic (exact) mass is 242 g/mol. The van der Waals surface area contributed by atoms with Gasteiger partial charge in [-0.05, 0) is 19.4 Å². The molecule has 0 radical (unpaired) electrons. The summed E-state index contributed by atoms with van der Waals surface area (Å²) >= 11 is 0. The molecule has 1 saturated heterocycles. The predicted molar refractivity (Wildman–Crippen MR) is 68.1 cm³/mol. The minimum absolute atomic E-state index is 0.0160. The van der Waals surface area contributed by atoms with Gasteiger partial charge in [0.05, 0.1) is 19.3 Å². The van der Waals surface area contributed by atoms with Crippen molar-refractivity contribution in [3.8, 4) is 0 Å². The summed E-state index contributed by atoms with van der Waals surface area (Å²) in [5, 5.41) is 13.1. The first kappa shape index (κ1) is 13.3. The van der Waals surface area contributed by atoms with Crippen molar-refractivity contribution in [2.75, 3.05) is 39.4 Å². The third kappa shape index (κ3) is 3.41. The number of hydrogen-bond donors (Lipinski definition) is 2. The number of ether oxygens (including phenoxy) is 1. The molecule has 2 aliphatic rings. The lowest BCUT2D eigenvalue weighted by molar-refractivity contribution is -0.0301. The largest absolute Gasteiger partial charge is 0.394 e. The molecule has 1 atom stereocenters. The van der Waals surface area contributed by atoms with E-state index in [2.05, 4.69) is 17.1 Å². The van der Waals surface area contributed by atoms with Crippen LogP contribution >= 0.6 is 0 Å². The molecule has 0 aromatic rings. The van der Waals surface area contributed by atoms with Crippen LogP contribution in [-0.4, -0.2) is 61.0 Å². The van der Waals surface area contributed by atoms with Crippen molar-refractivity contribution in [1.29, 1.82) is 0 Å². The first-order valence-electron chi connectivity index (χ1n) is 6.98. The van der Waals surface area contributed by atoms with E-state index in [4.69, 9.17) is 4.74 Å². The van der Waals surface area contributed by atoms with Crippen LogP contribution in [0.5, 0.6) is 0 Å². The Morgan fingerprint density at radius 2 is 2.18 bits per heavy atom. The van der Waals surface area contributed by atoms with Gasteiger partial charge < -0.3 is 15.2 Å². The van der Waals surface area contributed by atoms with E-state index >= 15 is 0 Å². The molecule has 1 heterocycles. The van der Waals surface area contributed by atoms with Crippen LogP contribution in [0.2, 0.25) is 0 Å². The summed E-state index contributed by atoms with van der Waals surface area (Å²) in [4.78, 5) is 2.43. The molecule has 100 valence electrons. The number of aliphatic hydroxyl groups is 1. The molecule has 0 aromatic carbocycles. The van der Waals surface area contributed by atoms with E-state index in [1.807, 2.05) is 0 Å². The molecule has 17 heavy (non-hydrogen) atoms. The Labute approximate surface area is 104 Å². The number of aliphatic hydroxyl groups excluding tert-OH is 1. The number of morpholine rings is 1. The molecule has 0 spiro atoms. The molecular formula is C13H26N2O2. The number of likely N-dealkylation sites (N-methyl/N-ethyl adjacent to an activating group) is 1. The quantitative estimate of drug-likeness (QED) is 0.741. The van der Waals surface area contributed by atoms with Gasteiger partial charge in [0, 0.05) is 25.2 Å². The van der Waals surface area contributed by atoms with Crippen LogP contribution in [0.25, 0.3) is 0 Å². The Morgan fingerprint density at radius 3 is 2.82 bits per heavy atom. The lowest BCUT2D eigenvalue weighted by Gasteiger charge is -2.35. The van der Waals surface area contributed by atoms with Crippen LogP contribution in [0.4, 0.5) is 0 Å². The van der Waals surface area contributed by atoms with Crippen molar-refractivity contribution < 1.29 is 9.84 Å². The van der Waals surface area contributed by atoms with Crippen molar-refractivity contribution >= 4 is 0 Å². The third-order valence-corrected chi connectivity index (χ3v) is 4.24. The van der Waals surface area contributed by atoms with Crippen LogP contribution in [0.15, 0.2) is 0 Å². The van der Waals surface area contributed by atoms with Gasteiger partial charge in [-0.3, -0.25) is 4.90 Å². The highest BCUT2D eigenvalue weighted by atomic mass is 16.5. The predicted octanol–water partition coefficient (Wildman–Crippen LogP) is 0.602. The van der Waals surface area contributed by atoms with Crippen molar-refractivity contribution in [3.63, 3.8) is 0 Å². The summed E-state index contributed by atoms with van der Waals surface area (Å²) in [6.45, 7) is 7.34. The minimum atomic E-state index is -0.0160. The second-order valence-electron chi connectivity index (χ2n) is 5.41. The Kier molecular flexibility index (Phi) is 4.79. The van der Waals surface area contributed by atoms with Gasteiger partial charge in [-0.2, -0.15) is 0 Å². The summed E-state index contributed by atoms with van der Waals surface area (Å²) in [6, 6.07) is 0. The zero-order valence-corrected chi connectivity index (χ0v) is 11.0. The molecular weight excluding hydrogens is 216 g/mol. The van der Waals surface area contributed by atoms with E-state index < -0.39 is 0 Å². The molecule has 2 rings (SSSR count). The number of hydrogen-bond acceptors (Lipinski definition) is 4. The Bertz CT molecular complexity index is 229. The van der Waals surface area contributed by atoms with Crippen molar-refractivity contribution in [2.45, 2.75) is 44.2 Å². The van der Waals surface area contributed by atoms with Gasteiger partial charge in [-0.15, -0.1) is 0 Å². The lowest BCUT2D eigenvalue weighted by Crippen LogP contribution is -2.53. The second-order valence-corrected chi connectivity index (χ2v) is 5.41. The SMILES string of the molecule is CCN1CCOC(CNC2(CO)CCCC2)C1. The van der Waals surface area contributed by atoms with Crippen LogP contribution < -0.4 is 5.32 Å². The van der Waals surface area contributed by atoms with E-state index in [1.165, 1.54) is 12.8 Å². The fraction of sp³-hybridized carbons (Fsp3) is 1.00. The number of nitrogens with one attached hydrogen (secondary N) is 1. The topological polar surface area (TPSA) is 44.7 Å². The molecule has 2 fully saturated rings. The summed E-state index contributed by atoms with van der Waals surface area (Å²) in [5.41, 5.74) is -0.0160. The van der Waals surface area contributed by atoms with E-state index in [-0.39, 0.29) is 18.2 Å². The molecule has 1 aliphatic heterocycles. The Balaban J connectivity index is 1.76. The summed E-state index contributed by atoms with van der Waals surface area (Å²) in [6.07, 6.45) is 4.97. The molecule has 1 aliphatic carbocycles. The van der Waals surface area contributed by atoms with Gasteiger partial charge in [0.15, 0.2) is 0 Å². The van der Waals surface area contributed by atoms with Gasteiger partial charge in [0.25, 0.3) is 0 Å². The average Bonchev–Trinajstić information content (AvgIpc) is 2.86. The molecule has 1 unspecified atom stereocenters. The van der Waals surface area contributed by atoms with Gasteiger partial charge in [-0.25, -0.2) is 0 Å². The molecule has 4 nitrogen and oxygen atoms in total. The maximum absolute atomic E-state index is 9.53. The van der Waals surface area contributed by atoms with Gasteiger partial charge >= 0.3 is 0 Å². The minimum Gasteiger partial charge on any atom is -0.394 e. The average molecular weight is 242 g/mol. The van der Waals surface area contributed by atoms with Crippen LogP contribution in [0.1, 0.15) is 32.6 Å². The molecule has 0 aromatic heterocycles. The molecule has 2 N–H and O–H groups in total. The fourth-order valence-electron chi connectivity index (χ4n) is 2.96. The lowest BCUT2D eigenvalue weighted by atomic mass is 9.98. The van der Waals surface area contributed by atoms with E-state index in [0.717, 1.165) is 45.6 Å². The Morgan fingerprint density at radius 1 is 1.41 bits per heavy atom. The molecule has 0 amide bonds. The first-order chi connectivity index (χ1) is 8.28. The van der Waals surface area contributed by atoms with Crippen molar-refractivity contribution in [2.24, 2.45) is 0 Å². The summed E-state index contributed by atoms with van der Waals surface area (Å²) < 4.78 is 5.77. The van der Waals surface area contributed by atoms with Crippen LogP contribution in [-0.2, 0) is 4.74 Å². The third-order valence-electron chi connectivity index (χ3n) is 4.24. The number of nitrogens with zero attached hydrogens (tertiary/aromatic N) is 1. The first-order valence-corrected chi connectivity index (χ1v) is 6.98. The van der Waals surface area contributed by atoms with Gasteiger partial charge in [-0.1, -0.05) is 19.8 Å². The van der Waals surface area contributed by atoms with Crippen molar-refractivity contribution in [1.82, 2.24) is 10.2 Å². The zero-order valence-electron chi connectivity index (χ0n) is 11.0. The highest BCUT2D eigenvalue weighted by Crippen LogP contribution is 2.29. The van der Waals surface area contributed by atoms with Crippen LogP contribution in [0.3, 0.4) is 0 Å². The smallest absolute Gasteiger partial charge is 0.0826 e. The maximum Gasteiger partial charge on any atom is 0.0826 e. The standard InChI is InChI=1S/C13H26N2O2/c1-2-15-7-8-17-12(10-15)9-14-13(11-16)5-3-4-6-13/h12,14,16H,2-11H2,1H3. The highest BCUT2D eigenvalue weighted by molar-refractivity contribution is 4.93. The normalized spacial score (nSPS) is 29.6. The molecule has 1 saturated carbocycles. The van der Waals surface area contributed by atoms with E-state index in [9.17, 15) is 5.11 Å². The van der Waals surface area contributed by atoms with Gasteiger partial charge in [0.2, 0.25) is 0 Å². The zero-order chi connectivity index (χ0) is 12.1.